The Bertz CT molecular complexity index is 1020. The maximum Gasteiger partial charge on any atom is 0.347 e. The van der Waals surface area contributed by atoms with E-state index in [1.165, 1.54) is 6.92 Å². The van der Waals surface area contributed by atoms with Gasteiger partial charge in [0, 0.05) is 0 Å². The van der Waals surface area contributed by atoms with Crippen LogP contribution in [0.5, 0.6) is 5.75 Å². The third-order valence-corrected chi connectivity index (χ3v) is 4.88. The number of esters is 3. The molecule has 0 aliphatic rings. The zero-order chi connectivity index (χ0) is 25.1. The molecule has 0 radical (unpaired) electrons. The summed E-state index contributed by atoms with van der Waals surface area (Å²) in [4.78, 5) is 50.3. The molecule has 11 nitrogen and oxygen atoms in total. The fourth-order valence-electron chi connectivity index (χ4n) is 2.94. The number of rotatable bonds is 13. The van der Waals surface area contributed by atoms with Crippen LogP contribution < -0.4 is 4.74 Å². The molecular weight excluding hydrogens is 450 g/mol. The highest BCUT2D eigenvalue weighted by Crippen LogP contribution is 2.25. The van der Waals surface area contributed by atoms with Gasteiger partial charge in [-0.3, -0.25) is 4.79 Å². The fourth-order valence-corrected chi connectivity index (χ4v) is 2.94. The molecule has 0 bridgehead atoms. The zero-order valence-electron chi connectivity index (χ0n) is 19.2. The molecule has 2 atom stereocenters. The molecule has 0 saturated heterocycles. The van der Waals surface area contributed by atoms with E-state index < -0.39 is 41.6 Å². The maximum atomic E-state index is 12.4. The number of fused-ring (bicyclic) bond motifs is 1. The van der Waals surface area contributed by atoms with Crippen LogP contribution in [0.25, 0.3) is 10.8 Å². The molecule has 184 valence electrons. The first-order valence-corrected chi connectivity index (χ1v) is 10.6. The standard InChI is InChI=1S/C23H27NO10/c1-15(17-6-7-19-13-20(30-3)9-8-18(19)12-17)22(26)32-14-21(25)34-16(2)23(27)31-10-4-5-11-33-24(28)29/h6-9,12-13,15-16H,4-5,10-11,14H2,1-3H3. The Morgan fingerprint density at radius 1 is 0.941 bits per heavy atom. The van der Waals surface area contributed by atoms with E-state index in [9.17, 15) is 24.5 Å². The van der Waals surface area contributed by atoms with Gasteiger partial charge in [0.2, 0.25) is 0 Å². The van der Waals surface area contributed by atoms with Crippen molar-refractivity contribution in [3.63, 3.8) is 0 Å². The number of unbranched alkanes of at least 4 members (excludes halogenated alkanes) is 1. The summed E-state index contributed by atoms with van der Waals surface area (Å²) in [5.74, 6) is -2.18. The zero-order valence-corrected chi connectivity index (χ0v) is 19.2. The Morgan fingerprint density at radius 3 is 2.32 bits per heavy atom. The number of hydrogen-bond acceptors (Lipinski definition) is 10. The summed E-state index contributed by atoms with van der Waals surface area (Å²) in [7, 11) is 1.59. The summed E-state index contributed by atoms with van der Waals surface area (Å²) in [6.45, 7) is 2.23. The molecular formula is C23H27NO10. The van der Waals surface area contributed by atoms with E-state index in [0.29, 0.717) is 12.8 Å². The van der Waals surface area contributed by atoms with Crippen LogP contribution in [0.1, 0.15) is 38.2 Å². The molecule has 34 heavy (non-hydrogen) atoms. The minimum atomic E-state index is -1.20. The van der Waals surface area contributed by atoms with Crippen molar-refractivity contribution in [2.75, 3.05) is 26.9 Å². The highest BCUT2D eigenvalue weighted by molar-refractivity contribution is 5.87. The van der Waals surface area contributed by atoms with Crippen LogP contribution in [0.3, 0.4) is 0 Å². The Kier molecular flexibility index (Phi) is 10.1. The molecule has 2 aromatic carbocycles. The Labute approximate surface area is 196 Å². The first-order valence-electron chi connectivity index (χ1n) is 10.6. The van der Waals surface area contributed by atoms with E-state index in [4.69, 9.17) is 18.9 Å². The summed E-state index contributed by atoms with van der Waals surface area (Å²) in [5, 5.41) is 11.0. The maximum absolute atomic E-state index is 12.4. The monoisotopic (exact) mass is 477 g/mol. The van der Waals surface area contributed by atoms with Crippen LogP contribution in [0.15, 0.2) is 36.4 Å². The predicted octanol–water partition coefficient (Wildman–Crippen LogP) is 2.96. The first-order chi connectivity index (χ1) is 16.2. The van der Waals surface area contributed by atoms with E-state index in [-0.39, 0.29) is 13.2 Å². The summed E-state index contributed by atoms with van der Waals surface area (Å²) >= 11 is 0. The van der Waals surface area contributed by atoms with Gasteiger partial charge in [0.15, 0.2) is 12.7 Å². The Hall–Kier alpha value is -3.89. The number of methoxy groups -OCH3 is 1. The van der Waals surface area contributed by atoms with Crippen molar-refractivity contribution in [1.82, 2.24) is 0 Å². The molecule has 0 amide bonds. The minimum Gasteiger partial charge on any atom is -0.497 e. The second-order valence-electron chi connectivity index (χ2n) is 7.37. The van der Waals surface area contributed by atoms with Gasteiger partial charge in [0.1, 0.15) is 5.75 Å². The Balaban J connectivity index is 1.75. The van der Waals surface area contributed by atoms with Crippen molar-refractivity contribution >= 4 is 28.7 Å². The van der Waals surface area contributed by atoms with Crippen molar-refractivity contribution in [3.8, 4) is 5.75 Å². The molecule has 0 heterocycles. The smallest absolute Gasteiger partial charge is 0.347 e. The largest absolute Gasteiger partial charge is 0.497 e. The van der Waals surface area contributed by atoms with Crippen molar-refractivity contribution in [1.29, 1.82) is 0 Å². The van der Waals surface area contributed by atoms with Crippen molar-refractivity contribution in [2.24, 2.45) is 0 Å². The molecule has 0 aliphatic heterocycles. The van der Waals surface area contributed by atoms with Crippen LogP contribution >= 0.6 is 0 Å². The van der Waals surface area contributed by atoms with Gasteiger partial charge < -0.3 is 23.8 Å². The van der Waals surface area contributed by atoms with Crippen LogP contribution in [-0.4, -0.2) is 56.0 Å². The lowest BCUT2D eigenvalue weighted by Gasteiger charge is -2.15. The van der Waals surface area contributed by atoms with Gasteiger partial charge in [-0.1, -0.05) is 24.3 Å². The lowest BCUT2D eigenvalue weighted by Crippen LogP contribution is -2.29. The molecule has 2 rings (SSSR count). The van der Waals surface area contributed by atoms with Gasteiger partial charge >= 0.3 is 17.9 Å². The molecule has 0 spiro atoms. The van der Waals surface area contributed by atoms with Gasteiger partial charge in [0.05, 0.1) is 26.2 Å². The Morgan fingerprint density at radius 2 is 1.62 bits per heavy atom. The first kappa shape index (κ1) is 26.4. The van der Waals surface area contributed by atoms with Gasteiger partial charge in [-0.25, -0.2) is 9.59 Å². The van der Waals surface area contributed by atoms with Crippen LogP contribution in [0.4, 0.5) is 0 Å². The number of hydrogen-bond donors (Lipinski definition) is 0. The van der Waals surface area contributed by atoms with E-state index in [2.05, 4.69) is 4.84 Å². The average Bonchev–Trinajstić information content (AvgIpc) is 2.82. The molecule has 0 aromatic heterocycles. The quantitative estimate of drug-likeness (QED) is 0.139. The predicted molar refractivity (Wildman–Crippen MR) is 119 cm³/mol. The third kappa shape index (κ3) is 8.23. The second-order valence-corrected chi connectivity index (χ2v) is 7.37. The molecule has 0 aliphatic carbocycles. The van der Waals surface area contributed by atoms with Gasteiger partial charge in [-0.05, 0) is 55.2 Å². The fraction of sp³-hybridized carbons (Fsp3) is 0.435. The van der Waals surface area contributed by atoms with E-state index in [1.807, 2.05) is 30.3 Å². The highest BCUT2D eigenvalue weighted by Gasteiger charge is 2.22. The number of carbonyl (C=O) groups is 3. The summed E-state index contributed by atoms with van der Waals surface area (Å²) in [5.41, 5.74) is 0.719. The molecule has 11 heteroatoms. The van der Waals surface area contributed by atoms with E-state index in [0.717, 1.165) is 22.1 Å². The van der Waals surface area contributed by atoms with Crippen molar-refractivity contribution in [3.05, 3.63) is 52.1 Å². The van der Waals surface area contributed by atoms with Crippen molar-refractivity contribution < 1.29 is 43.3 Å². The van der Waals surface area contributed by atoms with Crippen LogP contribution in [0, 0.1) is 10.1 Å². The molecule has 2 unspecified atom stereocenters. The third-order valence-electron chi connectivity index (χ3n) is 4.88. The van der Waals surface area contributed by atoms with Crippen LogP contribution in [-0.2, 0) is 33.4 Å². The molecule has 0 N–H and O–H groups in total. The SMILES string of the molecule is COc1ccc2cc(C(C)C(=O)OCC(=O)OC(C)C(=O)OCCCCO[N+](=O)[O-])ccc2c1. The van der Waals surface area contributed by atoms with Crippen LogP contribution in [0.2, 0.25) is 0 Å². The molecule has 2 aromatic rings. The van der Waals surface area contributed by atoms with E-state index >= 15 is 0 Å². The highest BCUT2D eigenvalue weighted by atomic mass is 16.9. The van der Waals surface area contributed by atoms with E-state index in [1.54, 1.807) is 20.1 Å². The molecule has 0 saturated carbocycles. The van der Waals surface area contributed by atoms with Crippen molar-refractivity contribution in [2.45, 2.75) is 38.7 Å². The van der Waals surface area contributed by atoms with Gasteiger partial charge in [-0.2, -0.15) is 0 Å². The summed E-state index contributed by atoms with van der Waals surface area (Å²) in [6.07, 6.45) is -0.531. The summed E-state index contributed by atoms with van der Waals surface area (Å²) in [6, 6.07) is 11.1. The topological polar surface area (TPSA) is 141 Å². The second kappa shape index (κ2) is 13.0. The van der Waals surface area contributed by atoms with Gasteiger partial charge in [0.25, 0.3) is 5.09 Å². The number of nitrogens with zero attached hydrogens (tertiary/aromatic N) is 1. The molecule has 0 fully saturated rings. The van der Waals surface area contributed by atoms with Gasteiger partial charge in [-0.15, -0.1) is 10.1 Å². The number of ether oxygens (including phenoxy) is 4. The minimum absolute atomic E-state index is 0.00711. The lowest BCUT2D eigenvalue weighted by atomic mass is 9.98. The number of carbonyl (C=O) groups excluding carboxylic acids is 3. The normalized spacial score (nSPS) is 12.3. The lowest BCUT2D eigenvalue weighted by molar-refractivity contribution is -0.757. The average molecular weight is 477 g/mol. The number of benzene rings is 2. The summed E-state index contributed by atoms with van der Waals surface area (Å²) < 4.78 is 20.1.